The van der Waals surface area contributed by atoms with Crippen molar-refractivity contribution in [3.05, 3.63) is 70.3 Å². The topological polar surface area (TPSA) is 32.3 Å². The number of aliphatic hydroxyl groups is 1. The van der Waals surface area contributed by atoms with E-state index in [9.17, 15) is 5.11 Å². The predicted octanol–water partition coefficient (Wildman–Crippen LogP) is 3.18. The van der Waals surface area contributed by atoms with Crippen LogP contribution in [0.5, 0.6) is 0 Å². The van der Waals surface area contributed by atoms with E-state index in [-0.39, 0.29) is 6.04 Å². The van der Waals surface area contributed by atoms with Crippen LogP contribution in [-0.4, -0.2) is 5.11 Å². The van der Waals surface area contributed by atoms with Crippen molar-refractivity contribution in [3.8, 4) is 0 Å². The average Bonchev–Trinajstić information content (AvgIpc) is 2.82. The lowest BCUT2D eigenvalue weighted by Crippen LogP contribution is -2.21. The maximum absolute atomic E-state index is 10.7. The summed E-state index contributed by atoms with van der Waals surface area (Å²) in [5.74, 6) is 0. The molecule has 2 atom stereocenters. The van der Waals surface area contributed by atoms with Crippen LogP contribution in [0.25, 0.3) is 0 Å². The Morgan fingerprint density at radius 1 is 1.16 bits per heavy atom. The van der Waals surface area contributed by atoms with Gasteiger partial charge in [-0.25, -0.2) is 0 Å². The molecule has 2 N–H and O–H groups in total. The Balaban J connectivity index is 1.95. The lowest BCUT2D eigenvalue weighted by atomic mass is 9.92. The molecule has 98 valence electrons. The third-order valence-corrected chi connectivity index (χ3v) is 3.96. The van der Waals surface area contributed by atoms with E-state index >= 15 is 0 Å². The molecule has 1 aliphatic rings. The standard InChI is InChI=1S/C17H19NO/c1-11-7-8-14(12(2)9-11)17(19)16-15-6-4-3-5-13(15)10-18-16/h3-9,16-19H,10H2,1-2H3. The minimum Gasteiger partial charge on any atom is -0.386 e. The molecule has 0 bridgehead atoms. The quantitative estimate of drug-likeness (QED) is 0.861. The van der Waals surface area contributed by atoms with Crippen molar-refractivity contribution >= 4 is 0 Å². The van der Waals surface area contributed by atoms with Crippen molar-refractivity contribution < 1.29 is 5.11 Å². The van der Waals surface area contributed by atoms with Crippen LogP contribution < -0.4 is 5.32 Å². The van der Waals surface area contributed by atoms with Crippen LogP contribution in [0.2, 0.25) is 0 Å². The fourth-order valence-electron chi connectivity index (χ4n) is 2.95. The average molecular weight is 253 g/mol. The van der Waals surface area contributed by atoms with Gasteiger partial charge in [-0.05, 0) is 36.1 Å². The molecule has 1 aliphatic heterocycles. The Hall–Kier alpha value is -1.64. The van der Waals surface area contributed by atoms with Gasteiger partial charge in [0, 0.05) is 6.54 Å². The molecule has 2 aromatic rings. The number of aliphatic hydroxyl groups excluding tert-OH is 1. The molecule has 2 nitrogen and oxygen atoms in total. The summed E-state index contributed by atoms with van der Waals surface area (Å²) in [5.41, 5.74) is 5.90. The molecule has 19 heavy (non-hydrogen) atoms. The first kappa shape index (κ1) is 12.4. The third-order valence-electron chi connectivity index (χ3n) is 3.96. The highest BCUT2D eigenvalue weighted by Crippen LogP contribution is 2.36. The lowest BCUT2D eigenvalue weighted by molar-refractivity contribution is 0.133. The molecule has 0 amide bonds. The van der Waals surface area contributed by atoms with Crippen molar-refractivity contribution in [2.45, 2.75) is 32.5 Å². The third kappa shape index (κ3) is 2.18. The molecule has 2 unspecified atom stereocenters. The molecule has 2 aromatic carbocycles. The highest BCUT2D eigenvalue weighted by molar-refractivity contribution is 5.39. The first-order valence-corrected chi connectivity index (χ1v) is 6.73. The van der Waals surface area contributed by atoms with Gasteiger partial charge in [0.1, 0.15) is 0 Å². The Bertz CT molecular complexity index is 606. The molecule has 0 aromatic heterocycles. The highest BCUT2D eigenvalue weighted by atomic mass is 16.3. The molecular weight excluding hydrogens is 234 g/mol. The first-order valence-electron chi connectivity index (χ1n) is 6.73. The van der Waals surface area contributed by atoms with Gasteiger partial charge in [0.05, 0.1) is 12.1 Å². The van der Waals surface area contributed by atoms with Gasteiger partial charge in [-0.15, -0.1) is 0 Å². The molecule has 1 heterocycles. The van der Waals surface area contributed by atoms with Crippen LogP contribution in [0.3, 0.4) is 0 Å². The second-order valence-electron chi connectivity index (χ2n) is 5.36. The summed E-state index contributed by atoms with van der Waals surface area (Å²) in [6.07, 6.45) is -0.496. The summed E-state index contributed by atoms with van der Waals surface area (Å²) in [6.45, 7) is 4.97. The maximum Gasteiger partial charge on any atom is 0.0987 e. The summed E-state index contributed by atoms with van der Waals surface area (Å²) in [6, 6.07) is 14.5. The Kier molecular flexibility index (Phi) is 3.13. The number of benzene rings is 2. The van der Waals surface area contributed by atoms with E-state index in [2.05, 4.69) is 43.4 Å². The van der Waals surface area contributed by atoms with Gasteiger partial charge in [-0.3, -0.25) is 0 Å². The Morgan fingerprint density at radius 2 is 1.95 bits per heavy atom. The van der Waals surface area contributed by atoms with Gasteiger partial charge in [-0.1, -0.05) is 48.0 Å². The van der Waals surface area contributed by atoms with Gasteiger partial charge < -0.3 is 10.4 Å². The van der Waals surface area contributed by atoms with E-state index in [1.807, 2.05) is 18.2 Å². The number of hydrogen-bond donors (Lipinski definition) is 2. The number of nitrogens with one attached hydrogen (secondary N) is 1. The van der Waals surface area contributed by atoms with Gasteiger partial charge in [0.2, 0.25) is 0 Å². The summed E-state index contributed by atoms with van der Waals surface area (Å²) in [4.78, 5) is 0. The molecule has 2 heteroatoms. The van der Waals surface area contributed by atoms with Crippen LogP contribution >= 0.6 is 0 Å². The van der Waals surface area contributed by atoms with Crippen molar-refractivity contribution in [2.24, 2.45) is 0 Å². The van der Waals surface area contributed by atoms with Crippen molar-refractivity contribution in [2.75, 3.05) is 0 Å². The molecule has 0 saturated heterocycles. The minimum atomic E-state index is -0.496. The molecule has 0 fully saturated rings. The molecule has 0 saturated carbocycles. The van der Waals surface area contributed by atoms with Gasteiger partial charge >= 0.3 is 0 Å². The van der Waals surface area contributed by atoms with Crippen LogP contribution in [0, 0.1) is 13.8 Å². The zero-order valence-corrected chi connectivity index (χ0v) is 11.4. The molecule has 0 spiro atoms. The maximum atomic E-state index is 10.7. The zero-order valence-electron chi connectivity index (χ0n) is 11.4. The van der Waals surface area contributed by atoms with E-state index < -0.39 is 6.10 Å². The summed E-state index contributed by atoms with van der Waals surface area (Å²) in [7, 11) is 0. The van der Waals surface area contributed by atoms with Crippen LogP contribution in [0.4, 0.5) is 0 Å². The number of fused-ring (bicyclic) bond motifs is 1. The van der Waals surface area contributed by atoms with E-state index in [1.165, 1.54) is 16.7 Å². The van der Waals surface area contributed by atoms with E-state index in [4.69, 9.17) is 0 Å². The Morgan fingerprint density at radius 3 is 2.74 bits per heavy atom. The molecular formula is C17H19NO. The first-order chi connectivity index (χ1) is 9.16. The van der Waals surface area contributed by atoms with Gasteiger partial charge in [-0.2, -0.15) is 0 Å². The second kappa shape index (κ2) is 4.80. The highest BCUT2D eigenvalue weighted by Gasteiger charge is 2.29. The lowest BCUT2D eigenvalue weighted by Gasteiger charge is -2.22. The fraction of sp³-hybridized carbons (Fsp3) is 0.294. The van der Waals surface area contributed by atoms with E-state index in [1.54, 1.807) is 0 Å². The van der Waals surface area contributed by atoms with Crippen LogP contribution in [0.1, 0.15) is 40.0 Å². The zero-order chi connectivity index (χ0) is 13.4. The normalized spacial score (nSPS) is 19.2. The molecule has 0 radical (unpaired) electrons. The summed E-state index contributed by atoms with van der Waals surface area (Å²) < 4.78 is 0. The second-order valence-corrected chi connectivity index (χ2v) is 5.36. The minimum absolute atomic E-state index is 0.00222. The fourth-order valence-corrected chi connectivity index (χ4v) is 2.95. The number of rotatable bonds is 2. The SMILES string of the molecule is Cc1ccc(C(O)C2NCc3ccccc32)c(C)c1. The largest absolute Gasteiger partial charge is 0.386 e. The molecule has 3 rings (SSSR count). The number of aryl methyl sites for hydroxylation is 2. The summed E-state index contributed by atoms with van der Waals surface area (Å²) in [5, 5.41) is 14.1. The predicted molar refractivity (Wildman–Crippen MR) is 76.9 cm³/mol. The van der Waals surface area contributed by atoms with Gasteiger partial charge in [0.25, 0.3) is 0 Å². The monoisotopic (exact) mass is 253 g/mol. The Labute approximate surface area is 114 Å². The van der Waals surface area contributed by atoms with E-state index in [0.717, 1.165) is 17.7 Å². The van der Waals surface area contributed by atoms with Crippen LogP contribution in [0.15, 0.2) is 42.5 Å². The van der Waals surface area contributed by atoms with Crippen LogP contribution in [-0.2, 0) is 6.54 Å². The van der Waals surface area contributed by atoms with Crippen molar-refractivity contribution in [3.63, 3.8) is 0 Å². The summed E-state index contributed by atoms with van der Waals surface area (Å²) >= 11 is 0. The van der Waals surface area contributed by atoms with E-state index in [0.29, 0.717) is 0 Å². The van der Waals surface area contributed by atoms with Gasteiger partial charge in [0.15, 0.2) is 0 Å². The smallest absolute Gasteiger partial charge is 0.0987 e. The van der Waals surface area contributed by atoms with Crippen molar-refractivity contribution in [1.29, 1.82) is 0 Å². The van der Waals surface area contributed by atoms with Crippen molar-refractivity contribution in [1.82, 2.24) is 5.32 Å². The number of hydrogen-bond acceptors (Lipinski definition) is 2. The molecule has 0 aliphatic carbocycles.